The van der Waals surface area contributed by atoms with Gasteiger partial charge in [-0.3, -0.25) is 4.79 Å². The van der Waals surface area contributed by atoms with E-state index in [1.807, 2.05) is 49.9 Å². The lowest BCUT2D eigenvalue weighted by Crippen LogP contribution is -2.45. The first kappa shape index (κ1) is 20.9. The minimum Gasteiger partial charge on any atom is -0.497 e. The lowest BCUT2D eigenvalue weighted by molar-refractivity contribution is -0.129. The van der Waals surface area contributed by atoms with E-state index >= 15 is 0 Å². The summed E-state index contributed by atoms with van der Waals surface area (Å²) in [5, 5.41) is 6.70. The predicted octanol–water partition coefficient (Wildman–Crippen LogP) is 2.03. The molecule has 0 radical (unpaired) electrons. The Bertz CT molecular complexity index is 618. The maximum atomic E-state index is 11.8. The molecule has 0 aliphatic carbocycles. The lowest BCUT2D eigenvalue weighted by Gasteiger charge is -2.19. The molecule has 2 atom stereocenters. The fourth-order valence-corrected chi connectivity index (χ4v) is 2.99. The molecule has 1 aliphatic heterocycles. The largest absolute Gasteiger partial charge is 0.497 e. The number of likely N-dealkylation sites (tertiary alicyclic amines) is 1. The van der Waals surface area contributed by atoms with Crippen LogP contribution in [0.4, 0.5) is 0 Å². The Morgan fingerprint density at radius 3 is 2.63 bits per heavy atom. The van der Waals surface area contributed by atoms with Gasteiger partial charge in [0, 0.05) is 32.1 Å². The second kappa shape index (κ2) is 10.6. The first-order valence-electron chi connectivity index (χ1n) is 9.69. The third kappa shape index (κ3) is 6.66. The van der Waals surface area contributed by atoms with Crippen LogP contribution in [0, 0.1) is 0 Å². The van der Waals surface area contributed by atoms with Crippen LogP contribution >= 0.6 is 0 Å². The summed E-state index contributed by atoms with van der Waals surface area (Å²) in [5.41, 5.74) is 0. The highest BCUT2D eigenvalue weighted by Gasteiger charge is 2.25. The van der Waals surface area contributed by atoms with Crippen molar-refractivity contribution < 1.29 is 14.3 Å². The highest BCUT2D eigenvalue weighted by atomic mass is 16.5. The molecule has 27 heavy (non-hydrogen) atoms. The summed E-state index contributed by atoms with van der Waals surface area (Å²) in [6.07, 6.45) is 1.44. The predicted molar refractivity (Wildman–Crippen MR) is 107 cm³/mol. The average Bonchev–Trinajstić information content (AvgIpc) is 3.15. The summed E-state index contributed by atoms with van der Waals surface area (Å²) >= 11 is 0. The first-order valence-corrected chi connectivity index (χ1v) is 9.69. The standard InChI is InChI=1S/C20H32N4O3/c1-5-19(25)24-12-11-16(14-24)23-20(21-6-2)22-13-15(3)27-18-9-7-17(26-4)8-10-18/h7-10,15-16H,5-6,11-14H2,1-4H3,(H2,21,22,23). The minimum atomic E-state index is -0.0596. The second-order valence-corrected chi connectivity index (χ2v) is 6.65. The second-order valence-electron chi connectivity index (χ2n) is 6.65. The summed E-state index contributed by atoms with van der Waals surface area (Å²) < 4.78 is 11.1. The molecule has 0 aromatic heterocycles. The molecule has 1 aromatic rings. The van der Waals surface area contributed by atoms with Crippen molar-refractivity contribution in [2.75, 3.05) is 33.3 Å². The van der Waals surface area contributed by atoms with Crippen molar-refractivity contribution in [1.82, 2.24) is 15.5 Å². The van der Waals surface area contributed by atoms with Crippen LogP contribution in [0.3, 0.4) is 0 Å². The van der Waals surface area contributed by atoms with Crippen molar-refractivity contribution >= 4 is 11.9 Å². The van der Waals surface area contributed by atoms with E-state index in [2.05, 4.69) is 15.6 Å². The van der Waals surface area contributed by atoms with Gasteiger partial charge in [0.05, 0.1) is 13.7 Å². The lowest BCUT2D eigenvalue weighted by atomic mass is 10.3. The molecule has 1 saturated heterocycles. The third-order valence-electron chi connectivity index (χ3n) is 4.43. The zero-order valence-electron chi connectivity index (χ0n) is 16.8. The van der Waals surface area contributed by atoms with Gasteiger partial charge in [-0.15, -0.1) is 0 Å². The fraction of sp³-hybridized carbons (Fsp3) is 0.600. The van der Waals surface area contributed by atoms with Gasteiger partial charge in [0.1, 0.15) is 17.6 Å². The number of rotatable bonds is 8. The molecule has 0 bridgehead atoms. The summed E-state index contributed by atoms with van der Waals surface area (Å²) in [6.45, 7) is 8.79. The normalized spacial score (nSPS) is 18.1. The molecule has 7 heteroatoms. The number of guanidine groups is 1. The molecule has 2 rings (SSSR count). The van der Waals surface area contributed by atoms with Crippen LogP contribution in [0.15, 0.2) is 29.3 Å². The number of methoxy groups -OCH3 is 1. The maximum Gasteiger partial charge on any atom is 0.222 e. The number of benzene rings is 1. The minimum absolute atomic E-state index is 0.0596. The van der Waals surface area contributed by atoms with Gasteiger partial charge in [0.25, 0.3) is 0 Å². The molecule has 1 heterocycles. The van der Waals surface area contributed by atoms with Gasteiger partial charge >= 0.3 is 0 Å². The third-order valence-corrected chi connectivity index (χ3v) is 4.43. The summed E-state index contributed by atoms with van der Waals surface area (Å²) in [7, 11) is 1.64. The van der Waals surface area contributed by atoms with Crippen LogP contribution in [0.2, 0.25) is 0 Å². The van der Waals surface area contributed by atoms with E-state index in [0.29, 0.717) is 13.0 Å². The monoisotopic (exact) mass is 376 g/mol. The number of hydrogen-bond donors (Lipinski definition) is 2. The molecule has 1 aliphatic rings. The Morgan fingerprint density at radius 1 is 1.30 bits per heavy atom. The molecule has 2 N–H and O–H groups in total. The van der Waals surface area contributed by atoms with Crippen molar-refractivity contribution in [3.63, 3.8) is 0 Å². The smallest absolute Gasteiger partial charge is 0.222 e. The molecule has 0 saturated carbocycles. The van der Waals surface area contributed by atoms with Crippen molar-refractivity contribution in [1.29, 1.82) is 0 Å². The zero-order valence-corrected chi connectivity index (χ0v) is 16.8. The highest BCUT2D eigenvalue weighted by Crippen LogP contribution is 2.18. The molecule has 1 amide bonds. The van der Waals surface area contributed by atoms with Crippen LogP contribution in [-0.4, -0.2) is 62.2 Å². The summed E-state index contributed by atoms with van der Waals surface area (Å²) in [4.78, 5) is 18.4. The molecule has 2 unspecified atom stereocenters. The van der Waals surface area contributed by atoms with E-state index in [9.17, 15) is 4.79 Å². The van der Waals surface area contributed by atoms with E-state index in [4.69, 9.17) is 9.47 Å². The van der Waals surface area contributed by atoms with Gasteiger partial charge in [0.2, 0.25) is 5.91 Å². The van der Waals surface area contributed by atoms with Gasteiger partial charge in [-0.05, 0) is 44.5 Å². The molecule has 1 aromatic carbocycles. The number of nitrogens with one attached hydrogen (secondary N) is 2. The Morgan fingerprint density at radius 2 is 2.00 bits per heavy atom. The summed E-state index contributed by atoms with van der Waals surface area (Å²) in [6, 6.07) is 7.76. The Balaban J connectivity index is 1.85. The topological polar surface area (TPSA) is 75.2 Å². The van der Waals surface area contributed by atoms with Crippen molar-refractivity contribution in [3.05, 3.63) is 24.3 Å². The molecular formula is C20H32N4O3. The van der Waals surface area contributed by atoms with Crippen LogP contribution in [0.1, 0.15) is 33.6 Å². The quantitative estimate of drug-likeness (QED) is 0.536. The molecular weight excluding hydrogens is 344 g/mol. The SMILES string of the molecule is CCNC(=NCC(C)Oc1ccc(OC)cc1)NC1CCN(C(=O)CC)C1. The van der Waals surface area contributed by atoms with E-state index < -0.39 is 0 Å². The van der Waals surface area contributed by atoms with E-state index in [1.165, 1.54) is 0 Å². The number of nitrogens with zero attached hydrogens (tertiary/aromatic N) is 2. The molecule has 150 valence electrons. The maximum absolute atomic E-state index is 11.8. The molecule has 0 spiro atoms. The molecule has 1 fully saturated rings. The van der Waals surface area contributed by atoms with Gasteiger partial charge in [-0.1, -0.05) is 6.92 Å². The number of amides is 1. The van der Waals surface area contributed by atoms with E-state index in [-0.39, 0.29) is 18.1 Å². The van der Waals surface area contributed by atoms with Gasteiger partial charge in [-0.25, -0.2) is 4.99 Å². The fourth-order valence-electron chi connectivity index (χ4n) is 2.99. The number of ether oxygens (including phenoxy) is 2. The van der Waals surface area contributed by atoms with Gasteiger partial charge < -0.3 is 25.0 Å². The van der Waals surface area contributed by atoms with Crippen LogP contribution in [0.5, 0.6) is 11.5 Å². The Kier molecular flexibility index (Phi) is 8.23. The highest BCUT2D eigenvalue weighted by molar-refractivity contribution is 5.80. The zero-order chi connectivity index (χ0) is 19.6. The first-order chi connectivity index (χ1) is 13.0. The van der Waals surface area contributed by atoms with Crippen molar-refractivity contribution in [2.24, 2.45) is 4.99 Å². The number of carbonyl (C=O) groups is 1. The van der Waals surface area contributed by atoms with E-state index in [0.717, 1.165) is 43.5 Å². The molecule has 7 nitrogen and oxygen atoms in total. The number of aliphatic imine (C=N–C) groups is 1. The van der Waals surface area contributed by atoms with Crippen molar-refractivity contribution in [3.8, 4) is 11.5 Å². The number of carbonyl (C=O) groups excluding carboxylic acids is 1. The van der Waals surface area contributed by atoms with Crippen LogP contribution in [-0.2, 0) is 4.79 Å². The van der Waals surface area contributed by atoms with Gasteiger partial charge in [-0.2, -0.15) is 0 Å². The Labute approximate surface area is 162 Å². The van der Waals surface area contributed by atoms with E-state index in [1.54, 1.807) is 7.11 Å². The van der Waals surface area contributed by atoms with Gasteiger partial charge in [0.15, 0.2) is 5.96 Å². The van der Waals surface area contributed by atoms with Crippen molar-refractivity contribution in [2.45, 2.75) is 45.8 Å². The van der Waals surface area contributed by atoms with Crippen LogP contribution < -0.4 is 20.1 Å². The number of hydrogen-bond acceptors (Lipinski definition) is 4. The average molecular weight is 377 g/mol. The summed E-state index contributed by atoms with van der Waals surface area (Å²) in [5.74, 6) is 2.57. The van der Waals surface area contributed by atoms with Crippen LogP contribution in [0.25, 0.3) is 0 Å². The Hall–Kier alpha value is -2.44.